The maximum absolute atomic E-state index is 10.8. The quantitative estimate of drug-likeness (QED) is 0.471. The Morgan fingerprint density at radius 3 is 2.31 bits per heavy atom. The molecule has 0 aliphatic carbocycles. The fraction of sp³-hybridized carbons (Fsp3) is 0.714. The molecule has 13 heavy (non-hydrogen) atoms. The van der Waals surface area contributed by atoms with Gasteiger partial charge in [0, 0.05) is 6.04 Å². The maximum Gasteiger partial charge on any atom is 0.309 e. The van der Waals surface area contributed by atoms with E-state index >= 15 is 0 Å². The van der Waals surface area contributed by atoms with Gasteiger partial charge < -0.3 is 16.4 Å². The molecule has 0 unspecified atom stereocenters. The highest BCUT2D eigenvalue weighted by molar-refractivity contribution is 6.34. The molecule has 2 amide bonds. The Bertz CT molecular complexity index is 192. The molecule has 0 saturated carbocycles. The molecule has 5 nitrogen and oxygen atoms in total. The first-order valence-electron chi connectivity index (χ1n) is 4.01. The van der Waals surface area contributed by atoms with E-state index in [2.05, 4.69) is 10.6 Å². The predicted molar refractivity (Wildman–Crippen MR) is 50.5 cm³/mol. The van der Waals surface area contributed by atoms with Crippen LogP contribution in [0.3, 0.4) is 0 Å². The van der Waals surface area contributed by atoms with Crippen LogP contribution in [0.2, 0.25) is 0 Å². The molecule has 0 bridgehead atoms. The second-order valence-electron chi connectivity index (χ2n) is 2.86. The number of carbonyl (C=O) groups is 2. The smallest absolute Gasteiger partial charge is 0.309 e. The van der Waals surface area contributed by atoms with Gasteiger partial charge in [-0.1, -0.05) is 0 Å². The van der Waals surface area contributed by atoms with Crippen LogP contribution >= 0.6 is 12.4 Å². The number of nitrogens with one attached hydrogen (secondary N) is 2. The van der Waals surface area contributed by atoms with Crippen molar-refractivity contribution in [1.82, 2.24) is 10.6 Å². The molecular weight excluding hydrogens is 194 g/mol. The van der Waals surface area contributed by atoms with E-state index in [1.54, 1.807) is 0 Å². The third kappa shape index (κ3) is 4.10. The van der Waals surface area contributed by atoms with Crippen molar-refractivity contribution >= 4 is 24.2 Å². The van der Waals surface area contributed by atoms with E-state index in [9.17, 15) is 9.59 Å². The third-order valence-corrected chi connectivity index (χ3v) is 1.90. The van der Waals surface area contributed by atoms with Gasteiger partial charge in [-0.15, -0.1) is 12.4 Å². The van der Waals surface area contributed by atoms with E-state index in [0.29, 0.717) is 0 Å². The number of carbonyl (C=O) groups excluding carboxylic acids is 2. The molecule has 1 saturated heterocycles. The number of nitrogens with two attached hydrogens (primary N) is 1. The van der Waals surface area contributed by atoms with Gasteiger partial charge in [-0.05, 0) is 25.9 Å². The first kappa shape index (κ1) is 12.2. The highest BCUT2D eigenvalue weighted by Crippen LogP contribution is 2.00. The number of hydrogen-bond donors (Lipinski definition) is 3. The minimum atomic E-state index is -0.909. The molecule has 6 heteroatoms. The minimum Gasteiger partial charge on any atom is -0.361 e. The Hall–Kier alpha value is -0.810. The second kappa shape index (κ2) is 5.77. The zero-order valence-corrected chi connectivity index (χ0v) is 8.02. The molecule has 4 N–H and O–H groups in total. The number of amides is 2. The van der Waals surface area contributed by atoms with Gasteiger partial charge in [0.25, 0.3) is 0 Å². The zero-order valence-electron chi connectivity index (χ0n) is 7.21. The maximum atomic E-state index is 10.8. The second-order valence-corrected chi connectivity index (χ2v) is 2.86. The van der Waals surface area contributed by atoms with Crippen LogP contribution in [-0.4, -0.2) is 30.9 Å². The summed E-state index contributed by atoms with van der Waals surface area (Å²) in [5.74, 6) is -1.59. The topological polar surface area (TPSA) is 84.2 Å². The molecule has 1 aliphatic heterocycles. The van der Waals surface area contributed by atoms with Crippen LogP contribution in [0.4, 0.5) is 0 Å². The monoisotopic (exact) mass is 207 g/mol. The van der Waals surface area contributed by atoms with Crippen molar-refractivity contribution in [2.24, 2.45) is 5.73 Å². The third-order valence-electron chi connectivity index (χ3n) is 1.90. The summed E-state index contributed by atoms with van der Waals surface area (Å²) in [5.41, 5.74) is 4.79. The van der Waals surface area contributed by atoms with Crippen molar-refractivity contribution in [2.45, 2.75) is 18.9 Å². The van der Waals surface area contributed by atoms with Gasteiger partial charge >= 0.3 is 11.8 Å². The Labute approximate surface area is 82.8 Å². The molecule has 76 valence electrons. The summed E-state index contributed by atoms with van der Waals surface area (Å²) in [5, 5.41) is 5.71. The molecule has 0 radical (unpaired) electrons. The Morgan fingerprint density at radius 2 is 1.85 bits per heavy atom. The summed E-state index contributed by atoms with van der Waals surface area (Å²) in [6, 6.07) is 0.103. The summed E-state index contributed by atoms with van der Waals surface area (Å²) in [7, 11) is 0. The van der Waals surface area contributed by atoms with Crippen LogP contribution in [0.25, 0.3) is 0 Å². The van der Waals surface area contributed by atoms with Gasteiger partial charge in [0.1, 0.15) is 0 Å². The molecule has 0 aromatic rings. The van der Waals surface area contributed by atoms with Gasteiger partial charge in [0.05, 0.1) is 0 Å². The first-order valence-corrected chi connectivity index (χ1v) is 4.01. The highest BCUT2D eigenvalue weighted by atomic mass is 35.5. The SMILES string of the molecule is Cl.NC(=O)C(=O)NC1CCNCC1. The molecule has 1 heterocycles. The van der Waals surface area contributed by atoms with E-state index in [0.717, 1.165) is 25.9 Å². The van der Waals surface area contributed by atoms with Gasteiger partial charge in [-0.3, -0.25) is 9.59 Å². The van der Waals surface area contributed by atoms with Crippen LogP contribution in [-0.2, 0) is 9.59 Å². The molecular formula is C7H14ClN3O2. The number of hydrogen-bond acceptors (Lipinski definition) is 3. The van der Waals surface area contributed by atoms with E-state index in [1.165, 1.54) is 0 Å². The molecule has 0 spiro atoms. The fourth-order valence-electron chi connectivity index (χ4n) is 1.22. The van der Waals surface area contributed by atoms with E-state index in [-0.39, 0.29) is 18.4 Å². The molecule has 0 aromatic carbocycles. The highest BCUT2D eigenvalue weighted by Gasteiger charge is 2.17. The number of primary amides is 1. The summed E-state index contributed by atoms with van der Waals surface area (Å²) in [6.45, 7) is 1.76. The van der Waals surface area contributed by atoms with E-state index in [1.807, 2.05) is 0 Å². The Kier molecular flexibility index (Phi) is 5.41. The van der Waals surface area contributed by atoms with Crippen molar-refractivity contribution in [3.63, 3.8) is 0 Å². The van der Waals surface area contributed by atoms with Crippen molar-refractivity contribution < 1.29 is 9.59 Å². The number of piperidine rings is 1. The lowest BCUT2D eigenvalue weighted by Gasteiger charge is -2.22. The first-order chi connectivity index (χ1) is 5.70. The van der Waals surface area contributed by atoms with Crippen molar-refractivity contribution in [3.05, 3.63) is 0 Å². The summed E-state index contributed by atoms with van der Waals surface area (Å²) < 4.78 is 0. The van der Waals surface area contributed by atoms with E-state index in [4.69, 9.17) is 5.73 Å². The Balaban J connectivity index is 0.00000144. The standard InChI is InChI=1S/C7H13N3O2.ClH/c8-6(11)7(12)10-5-1-3-9-4-2-5;/h5,9H,1-4H2,(H2,8,11)(H,10,12);1H. The normalized spacial score (nSPS) is 17.2. The van der Waals surface area contributed by atoms with Crippen LogP contribution in [0.1, 0.15) is 12.8 Å². The van der Waals surface area contributed by atoms with Gasteiger partial charge in [0.15, 0.2) is 0 Å². The van der Waals surface area contributed by atoms with Crippen molar-refractivity contribution in [3.8, 4) is 0 Å². The van der Waals surface area contributed by atoms with Crippen LogP contribution in [0, 0.1) is 0 Å². The number of rotatable bonds is 1. The molecule has 1 rings (SSSR count). The molecule has 0 atom stereocenters. The summed E-state index contributed by atoms with van der Waals surface area (Å²) in [6.07, 6.45) is 1.72. The van der Waals surface area contributed by atoms with E-state index < -0.39 is 11.8 Å². The van der Waals surface area contributed by atoms with Crippen molar-refractivity contribution in [2.75, 3.05) is 13.1 Å². The van der Waals surface area contributed by atoms with Crippen molar-refractivity contribution in [1.29, 1.82) is 0 Å². The lowest BCUT2D eigenvalue weighted by atomic mass is 10.1. The minimum absolute atomic E-state index is 0. The molecule has 0 aromatic heterocycles. The van der Waals surface area contributed by atoms with Crippen LogP contribution < -0.4 is 16.4 Å². The zero-order chi connectivity index (χ0) is 8.97. The van der Waals surface area contributed by atoms with Crippen LogP contribution in [0.15, 0.2) is 0 Å². The largest absolute Gasteiger partial charge is 0.361 e. The predicted octanol–water partition coefficient (Wildman–Crippen LogP) is -1.24. The lowest BCUT2D eigenvalue weighted by Crippen LogP contribution is -2.46. The van der Waals surface area contributed by atoms with Gasteiger partial charge in [-0.25, -0.2) is 0 Å². The molecule has 1 aliphatic rings. The van der Waals surface area contributed by atoms with Gasteiger partial charge in [0.2, 0.25) is 0 Å². The average Bonchev–Trinajstić information content (AvgIpc) is 2.06. The van der Waals surface area contributed by atoms with Crippen LogP contribution in [0.5, 0.6) is 0 Å². The Morgan fingerprint density at radius 1 is 1.31 bits per heavy atom. The lowest BCUT2D eigenvalue weighted by molar-refractivity contribution is -0.137. The summed E-state index contributed by atoms with van der Waals surface area (Å²) in [4.78, 5) is 21.2. The fourth-order valence-corrected chi connectivity index (χ4v) is 1.22. The number of halogens is 1. The van der Waals surface area contributed by atoms with Gasteiger partial charge in [-0.2, -0.15) is 0 Å². The summed E-state index contributed by atoms with van der Waals surface area (Å²) >= 11 is 0. The average molecular weight is 208 g/mol. The molecule has 1 fully saturated rings.